The van der Waals surface area contributed by atoms with Gasteiger partial charge < -0.3 is 10.1 Å². The van der Waals surface area contributed by atoms with Crippen molar-refractivity contribution >= 4 is 34.4 Å². The van der Waals surface area contributed by atoms with Crippen molar-refractivity contribution in [3.05, 3.63) is 82.8 Å². The molecule has 152 valence electrons. The van der Waals surface area contributed by atoms with E-state index in [1.54, 1.807) is 54.6 Å². The number of carbonyl (C=O) groups excluding carboxylic acids is 1. The first-order valence-corrected chi connectivity index (χ1v) is 10.2. The summed E-state index contributed by atoms with van der Waals surface area (Å²) in [6.45, 7) is 0. The van der Waals surface area contributed by atoms with E-state index < -0.39 is 0 Å². The maximum Gasteiger partial charge on any atom is 0.328 e. The predicted molar refractivity (Wildman–Crippen MR) is 120 cm³/mol. The first kappa shape index (κ1) is 19.8. The molecule has 30 heavy (non-hydrogen) atoms. The molecule has 0 bridgehead atoms. The van der Waals surface area contributed by atoms with Gasteiger partial charge in [-0.25, -0.2) is 4.79 Å². The molecule has 1 amide bonds. The smallest absolute Gasteiger partial charge is 0.328 e. The number of aromatic nitrogens is 2. The summed E-state index contributed by atoms with van der Waals surface area (Å²) in [5.74, 6) is 0.459. The number of nitrogens with zero attached hydrogens (tertiary/aromatic N) is 2. The molecule has 1 N–H and O–H groups in total. The van der Waals surface area contributed by atoms with Gasteiger partial charge in [0.25, 0.3) is 5.91 Å². The minimum Gasteiger partial charge on any atom is -0.497 e. The van der Waals surface area contributed by atoms with Gasteiger partial charge in [-0.1, -0.05) is 30.0 Å². The van der Waals surface area contributed by atoms with Gasteiger partial charge in [0.1, 0.15) is 5.75 Å². The average Bonchev–Trinajstić information content (AvgIpc) is 2.98. The van der Waals surface area contributed by atoms with Crippen LogP contribution in [-0.2, 0) is 14.1 Å². The summed E-state index contributed by atoms with van der Waals surface area (Å²) in [5.41, 5.74) is 2.62. The summed E-state index contributed by atoms with van der Waals surface area (Å²) in [7, 11) is 5.06. The topological polar surface area (TPSA) is 65.3 Å². The van der Waals surface area contributed by atoms with Gasteiger partial charge in [-0.05, 0) is 48.5 Å². The number of aryl methyl sites for hydroxylation is 2. The van der Waals surface area contributed by atoms with Crippen LogP contribution in [0.5, 0.6) is 5.75 Å². The number of methoxy groups -OCH3 is 1. The van der Waals surface area contributed by atoms with Crippen molar-refractivity contribution in [2.45, 2.75) is 9.79 Å². The highest BCUT2D eigenvalue weighted by Crippen LogP contribution is 2.36. The van der Waals surface area contributed by atoms with E-state index in [2.05, 4.69) is 5.32 Å². The Balaban J connectivity index is 1.77. The molecule has 4 aromatic rings. The normalized spacial score (nSPS) is 10.9. The number of carbonyl (C=O) groups is 1. The van der Waals surface area contributed by atoms with Crippen LogP contribution in [0.2, 0.25) is 0 Å². The lowest BCUT2D eigenvalue weighted by Gasteiger charge is -2.13. The predicted octanol–water partition coefficient (Wildman–Crippen LogP) is 4.29. The maximum absolute atomic E-state index is 12.9. The fraction of sp³-hybridized carbons (Fsp3) is 0.130. The molecule has 1 heterocycles. The SMILES string of the molecule is COc1ccc(C(=O)Nc2cc3c(cc2Sc2ccccc2)n(C)c(=O)n3C)cc1. The summed E-state index contributed by atoms with van der Waals surface area (Å²) < 4.78 is 8.35. The molecule has 0 saturated heterocycles. The summed E-state index contributed by atoms with van der Waals surface area (Å²) in [4.78, 5) is 27.2. The zero-order valence-corrected chi connectivity index (χ0v) is 17.7. The molecule has 1 aromatic heterocycles. The van der Waals surface area contributed by atoms with Gasteiger partial charge in [-0.3, -0.25) is 13.9 Å². The number of amides is 1. The molecule has 0 aliphatic heterocycles. The van der Waals surface area contributed by atoms with Crippen LogP contribution < -0.4 is 15.7 Å². The average molecular weight is 420 g/mol. The van der Waals surface area contributed by atoms with Gasteiger partial charge in [0.2, 0.25) is 0 Å². The van der Waals surface area contributed by atoms with E-state index in [1.165, 1.54) is 11.8 Å². The summed E-state index contributed by atoms with van der Waals surface area (Å²) in [6.07, 6.45) is 0. The third-order valence-electron chi connectivity index (χ3n) is 4.94. The van der Waals surface area contributed by atoms with Gasteiger partial charge in [0.15, 0.2) is 0 Å². The fourth-order valence-electron chi connectivity index (χ4n) is 3.26. The van der Waals surface area contributed by atoms with Crippen molar-refractivity contribution in [2.75, 3.05) is 12.4 Å². The molecule has 6 nitrogen and oxygen atoms in total. The van der Waals surface area contributed by atoms with E-state index in [-0.39, 0.29) is 11.6 Å². The number of rotatable bonds is 5. The van der Waals surface area contributed by atoms with Crippen molar-refractivity contribution in [1.29, 1.82) is 0 Å². The van der Waals surface area contributed by atoms with Crippen molar-refractivity contribution in [2.24, 2.45) is 14.1 Å². The van der Waals surface area contributed by atoms with Gasteiger partial charge in [-0.2, -0.15) is 0 Å². The highest BCUT2D eigenvalue weighted by Gasteiger charge is 2.16. The highest BCUT2D eigenvalue weighted by atomic mass is 32.2. The van der Waals surface area contributed by atoms with Crippen molar-refractivity contribution in [3.63, 3.8) is 0 Å². The van der Waals surface area contributed by atoms with E-state index in [0.29, 0.717) is 17.0 Å². The minimum atomic E-state index is -0.229. The number of nitrogens with one attached hydrogen (secondary N) is 1. The van der Waals surface area contributed by atoms with Crippen LogP contribution in [0.1, 0.15) is 10.4 Å². The van der Waals surface area contributed by atoms with Crippen LogP contribution in [0.4, 0.5) is 5.69 Å². The minimum absolute atomic E-state index is 0.112. The Bertz CT molecular complexity index is 1280. The number of imidazole rings is 1. The van der Waals surface area contributed by atoms with E-state index in [1.807, 2.05) is 42.5 Å². The number of hydrogen-bond donors (Lipinski definition) is 1. The van der Waals surface area contributed by atoms with E-state index in [0.717, 1.165) is 20.8 Å². The third-order valence-corrected chi connectivity index (χ3v) is 6.01. The molecule has 3 aromatic carbocycles. The molecular weight excluding hydrogens is 398 g/mol. The van der Waals surface area contributed by atoms with Crippen molar-refractivity contribution in [3.8, 4) is 5.75 Å². The molecule has 0 aliphatic rings. The Kier molecular flexibility index (Phi) is 5.37. The number of hydrogen-bond acceptors (Lipinski definition) is 4. The van der Waals surface area contributed by atoms with E-state index in [4.69, 9.17) is 4.74 Å². The van der Waals surface area contributed by atoms with Crippen molar-refractivity contribution < 1.29 is 9.53 Å². The lowest BCUT2D eigenvalue weighted by Crippen LogP contribution is -2.19. The lowest BCUT2D eigenvalue weighted by atomic mass is 10.2. The molecule has 0 saturated carbocycles. The second-order valence-electron chi connectivity index (χ2n) is 6.84. The van der Waals surface area contributed by atoms with Gasteiger partial charge >= 0.3 is 5.69 Å². The van der Waals surface area contributed by atoms with Crippen molar-refractivity contribution in [1.82, 2.24) is 9.13 Å². The molecular formula is C23H21N3O3S. The molecule has 0 unspecified atom stereocenters. The van der Waals surface area contributed by atoms with Gasteiger partial charge in [0, 0.05) is 29.4 Å². The molecule has 0 aliphatic carbocycles. The van der Waals surface area contributed by atoms with Gasteiger partial charge in [-0.15, -0.1) is 0 Å². The number of anilines is 1. The Hall–Kier alpha value is -3.45. The second kappa shape index (κ2) is 8.12. The summed E-state index contributed by atoms with van der Waals surface area (Å²) >= 11 is 1.54. The van der Waals surface area contributed by atoms with Crippen LogP contribution in [0, 0.1) is 0 Å². The second-order valence-corrected chi connectivity index (χ2v) is 7.95. The maximum atomic E-state index is 12.9. The summed E-state index contributed by atoms with van der Waals surface area (Å²) in [6, 6.07) is 20.6. The van der Waals surface area contributed by atoms with Crippen LogP contribution in [0.3, 0.4) is 0 Å². The standard InChI is InChI=1S/C23H21N3O3S/c1-25-19-13-18(24-22(27)15-9-11-16(29-3)12-10-15)21(14-20(19)26(2)23(25)28)30-17-7-5-4-6-8-17/h4-14H,1-3H3,(H,24,27). The largest absolute Gasteiger partial charge is 0.497 e. The first-order valence-electron chi connectivity index (χ1n) is 9.35. The Morgan fingerprint density at radius 3 is 2.20 bits per heavy atom. The highest BCUT2D eigenvalue weighted by molar-refractivity contribution is 7.99. The summed E-state index contributed by atoms with van der Waals surface area (Å²) in [5, 5.41) is 3.01. The zero-order valence-electron chi connectivity index (χ0n) is 16.9. The Labute approximate surface area is 178 Å². The van der Waals surface area contributed by atoms with Crippen LogP contribution in [0.25, 0.3) is 11.0 Å². The molecule has 4 rings (SSSR count). The van der Waals surface area contributed by atoms with E-state index in [9.17, 15) is 9.59 Å². The quantitative estimate of drug-likeness (QED) is 0.524. The lowest BCUT2D eigenvalue weighted by molar-refractivity contribution is 0.102. The van der Waals surface area contributed by atoms with Crippen LogP contribution in [0.15, 0.2) is 81.3 Å². The molecule has 0 fully saturated rings. The number of fused-ring (bicyclic) bond motifs is 1. The van der Waals surface area contributed by atoms with E-state index >= 15 is 0 Å². The van der Waals surface area contributed by atoms with Crippen LogP contribution in [-0.4, -0.2) is 22.2 Å². The molecule has 0 atom stereocenters. The van der Waals surface area contributed by atoms with Gasteiger partial charge in [0.05, 0.1) is 23.8 Å². The van der Waals surface area contributed by atoms with Crippen LogP contribution >= 0.6 is 11.8 Å². The monoisotopic (exact) mass is 419 g/mol. The fourth-order valence-corrected chi connectivity index (χ4v) is 4.20. The molecule has 0 spiro atoms. The zero-order chi connectivity index (χ0) is 21.3. The number of benzene rings is 3. The Morgan fingerprint density at radius 1 is 0.933 bits per heavy atom. The number of ether oxygens (including phenoxy) is 1. The third kappa shape index (κ3) is 3.71. The Morgan fingerprint density at radius 2 is 1.57 bits per heavy atom. The molecule has 7 heteroatoms. The molecule has 0 radical (unpaired) electrons. The first-order chi connectivity index (χ1) is 14.5.